The minimum Gasteiger partial charge on any atom is -0.458 e. The lowest BCUT2D eigenvalue weighted by Crippen LogP contribution is -1.95. The monoisotopic (exact) mass is 302 g/mol. The second kappa shape index (κ2) is 5.27. The molecule has 5 heteroatoms. The Morgan fingerprint density at radius 2 is 1.90 bits per heavy atom. The van der Waals surface area contributed by atoms with Crippen LogP contribution in [0, 0.1) is 0 Å². The third-order valence-electron chi connectivity index (χ3n) is 3.49. The van der Waals surface area contributed by atoms with Crippen LogP contribution in [0.15, 0.2) is 46.9 Å². The molecule has 21 heavy (non-hydrogen) atoms. The van der Waals surface area contributed by atoms with Crippen LogP contribution in [-0.2, 0) is 9.47 Å². The molecule has 4 rings (SSSR count). The van der Waals surface area contributed by atoms with Crippen LogP contribution in [0.1, 0.15) is 27.9 Å². The van der Waals surface area contributed by atoms with Crippen LogP contribution in [0.5, 0.6) is 0 Å². The summed E-state index contributed by atoms with van der Waals surface area (Å²) in [6.45, 7) is 1.23. The van der Waals surface area contributed by atoms with E-state index < -0.39 is 6.10 Å². The lowest BCUT2D eigenvalue weighted by atomic mass is 10.2. The average Bonchev–Trinajstić information content (AvgIpc) is 3.24. The molecule has 1 unspecified atom stereocenters. The summed E-state index contributed by atoms with van der Waals surface area (Å²) in [5.74, 6) is 0.554. The SMILES string of the molecule is OC(c1cc2ccccc2o1)c1ccc(C2OCCO2)s1. The fourth-order valence-electron chi connectivity index (χ4n) is 2.44. The van der Waals surface area contributed by atoms with E-state index in [4.69, 9.17) is 13.9 Å². The molecule has 1 aliphatic rings. The van der Waals surface area contributed by atoms with Gasteiger partial charge in [-0.15, -0.1) is 11.3 Å². The number of furan rings is 1. The Morgan fingerprint density at radius 3 is 2.71 bits per heavy atom. The quantitative estimate of drug-likeness (QED) is 0.803. The Balaban J connectivity index is 1.62. The van der Waals surface area contributed by atoms with Crippen LogP contribution in [0.4, 0.5) is 0 Å². The van der Waals surface area contributed by atoms with Gasteiger partial charge in [0, 0.05) is 10.3 Å². The molecule has 3 heterocycles. The molecule has 0 radical (unpaired) electrons. The fraction of sp³-hybridized carbons (Fsp3) is 0.250. The Labute approximate surface area is 125 Å². The molecule has 1 atom stereocenters. The molecule has 1 aliphatic heterocycles. The fourth-order valence-corrected chi connectivity index (χ4v) is 3.45. The normalized spacial score (nSPS) is 17.6. The smallest absolute Gasteiger partial charge is 0.193 e. The van der Waals surface area contributed by atoms with E-state index in [2.05, 4.69) is 0 Å². The van der Waals surface area contributed by atoms with Crippen molar-refractivity contribution in [3.8, 4) is 0 Å². The number of fused-ring (bicyclic) bond motifs is 1. The van der Waals surface area contributed by atoms with Crippen LogP contribution in [-0.4, -0.2) is 18.3 Å². The highest BCUT2D eigenvalue weighted by Gasteiger charge is 2.23. The Hall–Kier alpha value is -1.66. The molecule has 0 saturated carbocycles. The summed E-state index contributed by atoms with van der Waals surface area (Å²) in [6.07, 6.45) is -1.07. The number of aliphatic hydroxyl groups excluding tert-OH is 1. The van der Waals surface area contributed by atoms with Crippen molar-refractivity contribution in [2.24, 2.45) is 0 Å². The highest BCUT2D eigenvalue weighted by atomic mass is 32.1. The minimum absolute atomic E-state index is 0.299. The van der Waals surface area contributed by atoms with Crippen LogP contribution >= 0.6 is 11.3 Å². The molecule has 108 valence electrons. The first kappa shape index (κ1) is 13.0. The van der Waals surface area contributed by atoms with Gasteiger partial charge in [0.05, 0.1) is 18.1 Å². The summed E-state index contributed by atoms with van der Waals surface area (Å²) in [5, 5.41) is 11.5. The lowest BCUT2D eigenvalue weighted by Gasteiger charge is -2.06. The van der Waals surface area contributed by atoms with Crippen molar-refractivity contribution in [2.75, 3.05) is 13.2 Å². The molecule has 0 aliphatic carbocycles. The van der Waals surface area contributed by atoms with E-state index in [1.54, 1.807) is 0 Å². The van der Waals surface area contributed by atoms with Crippen molar-refractivity contribution in [1.29, 1.82) is 0 Å². The van der Waals surface area contributed by atoms with Gasteiger partial charge in [0.2, 0.25) is 0 Å². The number of ether oxygens (including phenoxy) is 2. The predicted molar refractivity (Wildman–Crippen MR) is 79.2 cm³/mol. The van der Waals surface area contributed by atoms with Crippen molar-refractivity contribution in [3.63, 3.8) is 0 Å². The van der Waals surface area contributed by atoms with E-state index >= 15 is 0 Å². The molecular formula is C16H14O4S. The zero-order chi connectivity index (χ0) is 14.2. The summed E-state index contributed by atoms with van der Waals surface area (Å²) in [6, 6.07) is 13.4. The summed E-state index contributed by atoms with van der Waals surface area (Å²) >= 11 is 1.48. The zero-order valence-electron chi connectivity index (χ0n) is 11.2. The largest absolute Gasteiger partial charge is 0.458 e. The molecule has 1 fully saturated rings. The first-order valence-electron chi connectivity index (χ1n) is 6.80. The molecule has 4 nitrogen and oxygen atoms in total. The lowest BCUT2D eigenvalue weighted by molar-refractivity contribution is -0.0413. The van der Waals surface area contributed by atoms with Crippen molar-refractivity contribution < 1.29 is 19.0 Å². The number of aliphatic hydroxyl groups is 1. The van der Waals surface area contributed by atoms with Gasteiger partial charge in [0.25, 0.3) is 0 Å². The Morgan fingerprint density at radius 1 is 1.10 bits per heavy atom. The Bertz CT molecular complexity index is 721. The molecule has 1 N–H and O–H groups in total. The molecule has 0 spiro atoms. The summed E-state index contributed by atoms with van der Waals surface area (Å²) in [5.41, 5.74) is 0.783. The summed E-state index contributed by atoms with van der Waals surface area (Å²) < 4.78 is 16.7. The first-order chi connectivity index (χ1) is 10.3. The number of rotatable bonds is 3. The number of hydrogen-bond acceptors (Lipinski definition) is 5. The molecule has 1 saturated heterocycles. The van der Waals surface area contributed by atoms with Crippen LogP contribution < -0.4 is 0 Å². The van der Waals surface area contributed by atoms with Crippen molar-refractivity contribution in [3.05, 3.63) is 58.0 Å². The number of benzene rings is 1. The van der Waals surface area contributed by atoms with Gasteiger partial charge in [0.15, 0.2) is 6.29 Å². The molecule has 2 aromatic heterocycles. The summed E-state index contributed by atoms with van der Waals surface area (Å²) in [7, 11) is 0. The van der Waals surface area contributed by atoms with Crippen LogP contribution in [0.2, 0.25) is 0 Å². The highest BCUT2D eigenvalue weighted by Crippen LogP contribution is 2.35. The van der Waals surface area contributed by atoms with Crippen molar-refractivity contribution >= 4 is 22.3 Å². The van der Waals surface area contributed by atoms with Gasteiger partial charge in [-0.2, -0.15) is 0 Å². The van der Waals surface area contributed by atoms with E-state index in [9.17, 15) is 5.11 Å². The molecule has 0 amide bonds. The van der Waals surface area contributed by atoms with E-state index in [1.807, 2.05) is 42.5 Å². The number of hydrogen-bond donors (Lipinski definition) is 1. The third kappa shape index (κ3) is 2.38. The minimum atomic E-state index is -0.766. The maximum absolute atomic E-state index is 10.5. The molecular weight excluding hydrogens is 288 g/mol. The number of thiophene rings is 1. The van der Waals surface area contributed by atoms with Gasteiger partial charge in [-0.3, -0.25) is 0 Å². The Kier molecular flexibility index (Phi) is 3.27. The number of para-hydroxylation sites is 1. The standard InChI is InChI=1S/C16H14O4S/c17-15(12-9-10-3-1-2-4-11(10)20-12)13-5-6-14(21-13)16-18-7-8-19-16/h1-6,9,15-17H,7-8H2. The first-order valence-corrected chi connectivity index (χ1v) is 7.62. The summed E-state index contributed by atoms with van der Waals surface area (Å²) in [4.78, 5) is 1.79. The van der Waals surface area contributed by atoms with Crippen LogP contribution in [0.3, 0.4) is 0 Å². The van der Waals surface area contributed by atoms with Crippen LogP contribution in [0.25, 0.3) is 11.0 Å². The maximum atomic E-state index is 10.5. The predicted octanol–water partition coefficient (Wildman–Crippen LogP) is 3.62. The van der Waals surface area contributed by atoms with E-state index in [0.29, 0.717) is 19.0 Å². The third-order valence-corrected chi connectivity index (χ3v) is 4.64. The second-order valence-electron chi connectivity index (χ2n) is 4.90. The topological polar surface area (TPSA) is 51.8 Å². The van der Waals surface area contributed by atoms with Crippen molar-refractivity contribution in [2.45, 2.75) is 12.4 Å². The van der Waals surface area contributed by atoms with E-state index in [0.717, 1.165) is 20.7 Å². The molecule has 0 bridgehead atoms. The maximum Gasteiger partial charge on any atom is 0.193 e. The van der Waals surface area contributed by atoms with E-state index in [1.165, 1.54) is 11.3 Å². The van der Waals surface area contributed by atoms with Gasteiger partial charge in [-0.1, -0.05) is 18.2 Å². The average molecular weight is 302 g/mol. The van der Waals surface area contributed by atoms with Gasteiger partial charge < -0.3 is 19.0 Å². The second-order valence-corrected chi connectivity index (χ2v) is 6.05. The van der Waals surface area contributed by atoms with Gasteiger partial charge in [0.1, 0.15) is 17.4 Å². The van der Waals surface area contributed by atoms with Gasteiger partial charge >= 0.3 is 0 Å². The zero-order valence-corrected chi connectivity index (χ0v) is 12.0. The van der Waals surface area contributed by atoms with Gasteiger partial charge in [-0.05, 0) is 24.3 Å². The highest BCUT2D eigenvalue weighted by molar-refractivity contribution is 7.12. The molecule has 3 aromatic rings. The van der Waals surface area contributed by atoms with Gasteiger partial charge in [-0.25, -0.2) is 0 Å². The van der Waals surface area contributed by atoms with Crippen molar-refractivity contribution in [1.82, 2.24) is 0 Å². The molecule has 1 aromatic carbocycles. The van der Waals surface area contributed by atoms with E-state index in [-0.39, 0.29) is 6.29 Å².